The summed E-state index contributed by atoms with van der Waals surface area (Å²) in [6.45, 7) is 2.15. The number of halogens is 1. The Morgan fingerprint density at radius 2 is 2.25 bits per heavy atom. The van der Waals surface area contributed by atoms with Gasteiger partial charge in [0.25, 0.3) is 0 Å². The van der Waals surface area contributed by atoms with Crippen LogP contribution in [0.4, 0.5) is 5.69 Å². The first-order chi connectivity index (χ1) is 7.75. The lowest BCUT2D eigenvalue weighted by atomic mass is 9.98. The summed E-state index contributed by atoms with van der Waals surface area (Å²) < 4.78 is 0. The minimum atomic E-state index is 0.385. The number of fused-ring (bicyclic) bond motifs is 1. The molecule has 2 fully saturated rings. The van der Waals surface area contributed by atoms with Gasteiger partial charge in [0.05, 0.1) is 10.7 Å². The van der Waals surface area contributed by atoms with Crippen LogP contribution in [0.5, 0.6) is 0 Å². The maximum Gasteiger partial charge on any atom is 0.0822 e. The molecule has 1 saturated heterocycles. The van der Waals surface area contributed by atoms with Crippen LogP contribution in [0.25, 0.3) is 0 Å². The Morgan fingerprint density at radius 1 is 1.38 bits per heavy atom. The summed E-state index contributed by atoms with van der Waals surface area (Å²) in [5, 5.41) is 0.746. The molecule has 0 aromatic carbocycles. The summed E-state index contributed by atoms with van der Waals surface area (Å²) in [4.78, 5) is 6.38. The predicted octanol–water partition coefficient (Wildman–Crippen LogP) is 1.91. The smallest absolute Gasteiger partial charge is 0.0822 e. The third-order valence-electron chi connectivity index (χ3n) is 4.00. The Kier molecular flexibility index (Phi) is 2.52. The van der Waals surface area contributed by atoms with Crippen LogP contribution in [0.3, 0.4) is 0 Å². The maximum absolute atomic E-state index is 6.16. The summed E-state index contributed by atoms with van der Waals surface area (Å²) in [6, 6.07) is 2.38. The Balaban J connectivity index is 1.82. The molecule has 2 heterocycles. The molecule has 1 aromatic heterocycles. The zero-order valence-corrected chi connectivity index (χ0v) is 9.90. The highest BCUT2D eigenvalue weighted by molar-refractivity contribution is 6.33. The molecule has 1 aromatic rings. The van der Waals surface area contributed by atoms with Crippen molar-refractivity contribution in [1.82, 2.24) is 4.98 Å². The molecule has 4 heteroatoms. The van der Waals surface area contributed by atoms with Gasteiger partial charge in [0, 0.05) is 31.5 Å². The van der Waals surface area contributed by atoms with Gasteiger partial charge in [-0.25, -0.2) is 0 Å². The van der Waals surface area contributed by atoms with Crippen molar-refractivity contribution in [2.24, 2.45) is 17.6 Å². The van der Waals surface area contributed by atoms with E-state index >= 15 is 0 Å². The van der Waals surface area contributed by atoms with E-state index in [1.165, 1.54) is 12.8 Å². The SMILES string of the molecule is NC1CCC2CN(c3ccncc3Cl)CC12. The fraction of sp³-hybridized carbons (Fsp3) is 0.583. The van der Waals surface area contributed by atoms with E-state index in [4.69, 9.17) is 17.3 Å². The number of rotatable bonds is 1. The molecule has 1 saturated carbocycles. The van der Waals surface area contributed by atoms with E-state index in [0.29, 0.717) is 12.0 Å². The maximum atomic E-state index is 6.16. The minimum absolute atomic E-state index is 0.385. The molecular weight excluding hydrogens is 222 g/mol. The number of hydrogen-bond donors (Lipinski definition) is 1. The monoisotopic (exact) mass is 237 g/mol. The number of anilines is 1. The summed E-state index contributed by atoms with van der Waals surface area (Å²) in [5.41, 5.74) is 7.24. The Bertz CT molecular complexity index is 396. The third kappa shape index (κ3) is 1.59. The van der Waals surface area contributed by atoms with Gasteiger partial charge in [-0.05, 0) is 30.7 Å². The highest BCUT2D eigenvalue weighted by atomic mass is 35.5. The van der Waals surface area contributed by atoms with Crippen molar-refractivity contribution < 1.29 is 0 Å². The van der Waals surface area contributed by atoms with Crippen LogP contribution in [-0.4, -0.2) is 24.1 Å². The third-order valence-corrected chi connectivity index (χ3v) is 4.30. The molecular formula is C12H16ClN3. The van der Waals surface area contributed by atoms with Gasteiger partial charge >= 0.3 is 0 Å². The second-order valence-electron chi connectivity index (χ2n) is 4.90. The number of pyridine rings is 1. The molecule has 0 amide bonds. The van der Waals surface area contributed by atoms with Crippen molar-refractivity contribution in [3.8, 4) is 0 Å². The lowest BCUT2D eigenvalue weighted by Crippen LogP contribution is -2.30. The average molecular weight is 238 g/mol. The molecule has 0 spiro atoms. The first-order valence-electron chi connectivity index (χ1n) is 5.86. The Morgan fingerprint density at radius 3 is 3.00 bits per heavy atom. The van der Waals surface area contributed by atoms with Gasteiger partial charge in [0.2, 0.25) is 0 Å². The quantitative estimate of drug-likeness (QED) is 0.812. The van der Waals surface area contributed by atoms with E-state index in [1.807, 2.05) is 6.07 Å². The van der Waals surface area contributed by atoms with Crippen LogP contribution in [-0.2, 0) is 0 Å². The van der Waals surface area contributed by atoms with Crippen LogP contribution in [0.15, 0.2) is 18.5 Å². The van der Waals surface area contributed by atoms with Gasteiger partial charge in [0.1, 0.15) is 0 Å². The Hall–Kier alpha value is -0.800. The van der Waals surface area contributed by atoms with Gasteiger partial charge in [-0.2, -0.15) is 0 Å². The number of hydrogen-bond acceptors (Lipinski definition) is 3. The van der Waals surface area contributed by atoms with E-state index in [1.54, 1.807) is 12.4 Å². The molecule has 0 radical (unpaired) electrons. The van der Waals surface area contributed by atoms with E-state index < -0.39 is 0 Å². The van der Waals surface area contributed by atoms with E-state index in [2.05, 4.69) is 9.88 Å². The number of nitrogens with zero attached hydrogens (tertiary/aromatic N) is 2. The van der Waals surface area contributed by atoms with Crippen molar-refractivity contribution in [1.29, 1.82) is 0 Å². The van der Waals surface area contributed by atoms with Crippen LogP contribution >= 0.6 is 11.6 Å². The van der Waals surface area contributed by atoms with Crippen molar-refractivity contribution >= 4 is 17.3 Å². The molecule has 3 unspecified atom stereocenters. The lowest BCUT2D eigenvalue weighted by Gasteiger charge is -2.21. The van der Waals surface area contributed by atoms with Crippen molar-refractivity contribution in [2.45, 2.75) is 18.9 Å². The van der Waals surface area contributed by atoms with Gasteiger partial charge in [-0.3, -0.25) is 4.98 Å². The first-order valence-corrected chi connectivity index (χ1v) is 6.23. The van der Waals surface area contributed by atoms with Crippen molar-refractivity contribution in [2.75, 3.05) is 18.0 Å². The first kappa shape index (κ1) is 10.4. The molecule has 3 nitrogen and oxygen atoms in total. The second kappa shape index (κ2) is 3.90. The summed E-state index contributed by atoms with van der Waals surface area (Å²) >= 11 is 6.16. The molecule has 3 rings (SSSR count). The topological polar surface area (TPSA) is 42.1 Å². The van der Waals surface area contributed by atoms with Gasteiger partial charge < -0.3 is 10.6 Å². The zero-order valence-electron chi connectivity index (χ0n) is 9.14. The Labute approximate surface area is 101 Å². The summed E-state index contributed by atoms with van der Waals surface area (Å²) in [5.74, 6) is 1.42. The zero-order chi connectivity index (χ0) is 11.1. The molecule has 86 valence electrons. The summed E-state index contributed by atoms with van der Waals surface area (Å²) in [7, 11) is 0. The van der Waals surface area contributed by atoms with Gasteiger partial charge in [-0.15, -0.1) is 0 Å². The lowest BCUT2D eigenvalue weighted by molar-refractivity contribution is 0.453. The summed E-state index contributed by atoms with van der Waals surface area (Å²) in [6.07, 6.45) is 5.97. The van der Waals surface area contributed by atoms with Crippen LogP contribution < -0.4 is 10.6 Å². The average Bonchev–Trinajstić information content (AvgIpc) is 2.82. The standard InChI is InChI=1S/C12H16ClN3/c13-10-5-15-4-3-12(10)16-6-8-1-2-11(14)9(8)7-16/h3-5,8-9,11H,1-2,6-7,14H2. The van der Waals surface area contributed by atoms with Crippen molar-refractivity contribution in [3.05, 3.63) is 23.5 Å². The molecule has 1 aliphatic heterocycles. The molecule has 3 atom stereocenters. The van der Waals surface area contributed by atoms with Gasteiger partial charge in [0.15, 0.2) is 0 Å². The van der Waals surface area contributed by atoms with Gasteiger partial charge in [-0.1, -0.05) is 11.6 Å². The molecule has 2 aliphatic rings. The number of aromatic nitrogens is 1. The fourth-order valence-electron chi connectivity index (χ4n) is 3.13. The van der Waals surface area contributed by atoms with E-state index in [-0.39, 0.29) is 0 Å². The van der Waals surface area contributed by atoms with Crippen LogP contribution in [0.1, 0.15) is 12.8 Å². The van der Waals surface area contributed by atoms with E-state index in [9.17, 15) is 0 Å². The minimum Gasteiger partial charge on any atom is -0.370 e. The van der Waals surface area contributed by atoms with Crippen LogP contribution in [0.2, 0.25) is 5.02 Å². The highest BCUT2D eigenvalue weighted by Gasteiger charge is 2.41. The normalized spacial score (nSPS) is 33.1. The predicted molar refractivity (Wildman–Crippen MR) is 65.6 cm³/mol. The van der Waals surface area contributed by atoms with Crippen LogP contribution in [0, 0.1) is 11.8 Å². The highest BCUT2D eigenvalue weighted by Crippen LogP contribution is 2.40. The molecule has 1 aliphatic carbocycles. The molecule has 2 N–H and O–H groups in total. The number of nitrogens with two attached hydrogens (primary N) is 1. The second-order valence-corrected chi connectivity index (χ2v) is 5.30. The molecule has 0 bridgehead atoms. The largest absolute Gasteiger partial charge is 0.370 e. The fourth-order valence-corrected chi connectivity index (χ4v) is 3.37. The molecule has 16 heavy (non-hydrogen) atoms. The van der Waals surface area contributed by atoms with E-state index in [0.717, 1.165) is 29.7 Å². The van der Waals surface area contributed by atoms with Crippen molar-refractivity contribution in [3.63, 3.8) is 0 Å².